The molecule has 0 saturated heterocycles. The van der Waals surface area contributed by atoms with Crippen LogP contribution >= 0.6 is 0 Å². The predicted molar refractivity (Wildman–Crippen MR) is 68.9 cm³/mol. The van der Waals surface area contributed by atoms with Crippen molar-refractivity contribution in [1.82, 2.24) is 5.32 Å². The zero-order valence-corrected chi connectivity index (χ0v) is 12.0. The number of hydrogen-bond acceptors (Lipinski definition) is 3. The molecule has 98 valence electrons. The first kappa shape index (κ1) is 15.9. The number of hydrogen-bond donors (Lipinski definition) is 1. The van der Waals surface area contributed by atoms with E-state index in [4.69, 9.17) is 9.47 Å². The van der Waals surface area contributed by atoms with Crippen molar-refractivity contribution in [2.24, 2.45) is 0 Å². The van der Waals surface area contributed by atoms with Crippen molar-refractivity contribution in [2.45, 2.75) is 65.7 Å². The van der Waals surface area contributed by atoms with Crippen molar-refractivity contribution in [3.63, 3.8) is 0 Å². The number of ether oxygens (including phenoxy) is 2. The lowest BCUT2D eigenvalue weighted by atomic mass is 10.1. The van der Waals surface area contributed by atoms with Crippen molar-refractivity contribution in [3.05, 3.63) is 0 Å². The van der Waals surface area contributed by atoms with Gasteiger partial charge in [0.25, 0.3) is 0 Å². The van der Waals surface area contributed by atoms with E-state index in [2.05, 4.69) is 53.8 Å². The summed E-state index contributed by atoms with van der Waals surface area (Å²) in [6.45, 7) is 16.9. The van der Waals surface area contributed by atoms with Gasteiger partial charge in [-0.2, -0.15) is 0 Å². The van der Waals surface area contributed by atoms with Crippen molar-refractivity contribution in [1.29, 1.82) is 0 Å². The average molecular weight is 231 g/mol. The van der Waals surface area contributed by atoms with Crippen LogP contribution in [0, 0.1) is 0 Å². The Morgan fingerprint density at radius 2 is 1.56 bits per heavy atom. The van der Waals surface area contributed by atoms with Crippen molar-refractivity contribution < 1.29 is 9.47 Å². The largest absolute Gasteiger partial charge is 0.375 e. The second-order valence-electron chi connectivity index (χ2n) is 6.27. The average Bonchev–Trinajstić information content (AvgIpc) is 2.06. The Hall–Kier alpha value is -0.120. The van der Waals surface area contributed by atoms with E-state index in [-0.39, 0.29) is 17.2 Å². The summed E-state index contributed by atoms with van der Waals surface area (Å²) in [5.41, 5.74) is 0.0792. The first-order valence-electron chi connectivity index (χ1n) is 6.11. The monoisotopic (exact) mass is 231 g/mol. The van der Waals surface area contributed by atoms with Gasteiger partial charge in [-0.15, -0.1) is 0 Å². The zero-order chi connectivity index (χ0) is 12.8. The van der Waals surface area contributed by atoms with Crippen LogP contribution in [0.1, 0.15) is 48.5 Å². The molecule has 0 rings (SSSR count). The molecule has 0 radical (unpaired) electrons. The van der Waals surface area contributed by atoms with Gasteiger partial charge in [-0.25, -0.2) is 0 Å². The second kappa shape index (κ2) is 6.58. The van der Waals surface area contributed by atoms with Crippen LogP contribution in [-0.2, 0) is 9.47 Å². The molecule has 0 heterocycles. The fourth-order valence-corrected chi connectivity index (χ4v) is 1.11. The SMILES string of the molecule is CC(CNC(C)(C)C)OCCOC(C)(C)C. The van der Waals surface area contributed by atoms with Gasteiger partial charge in [-0.3, -0.25) is 0 Å². The van der Waals surface area contributed by atoms with E-state index in [0.29, 0.717) is 13.2 Å². The molecule has 0 aliphatic rings. The second-order valence-corrected chi connectivity index (χ2v) is 6.27. The van der Waals surface area contributed by atoms with Crippen LogP contribution in [0.25, 0.3) is 0 Å². The molecule has 3 heteroatoms. The minimum Gasteiger partial charge on any atom is -0.375 e. The van der Waals surface area contributed by atoms with Crippen LogP contribution in [0.4, 0.5) is 0 Å². The van der Waals surface area contributed by atoms with Crippen LogP contribution in [0.3, 0.4) is 0 Å². The molecule has 0 saturated carbocycles. The minimum atomic E-state index is -0.0732. The summed E-state index contributed by atoms with van der Waals surface area (Å²) in [5, 5.41) is 3.41. The van der Waals surface area contributed by atoms with Gasteiger partial charge in [-0.05, 0) is 48.5 Å². The zero-order valence-electron chi connectivity index (χ0n) is 12.0. The fourth-order valence-electron chi connectivity index (χ4n) is 1.11. The van der Waals surface area contributed by atoms with Crippen LogP contribution in [0.15, 0.2) is 0 Å². The summed E-state index contributed by atoms with van der Waals surface area (Å²) in [5.74, 6) is 0. The van der Waals surface area contributed by atoms with Gasteiger partial charge >= 0.3 is 0 Å². The molecule has 1 unspecified atom stereocenters. The molecule has 16 heavy (non-hydrogen) atoms. The first-order chi connectivity index (χ1) is 7.10. The van der Waals surface area contributed by atoms with Crippen LogP contribution < -0.4 is 5.32 Å². The maximum atomic E-state index is 5.65. The van der Waals surface area contributed by atoms with E-state index in [1.807, 2.05) is 0 Å². The van der Waals surface area contributed by atoms with Gasteiger partial charge in [0.15, 0.2) is 0 Å². The van der Waals surface area contributed by atoms with E-state index in [1.54, 1.807) is 0 Å². The molecule has 0 aliphatic heterocycles. The maximum Gasteiger partial charge on any atom is 0.0707 e. The first-order valence-corrected chi connectivity index (χ1v) is 6.11. The van der Waals surface area contributed by atoms with Gasteiger partial charge in [0, 0.05) is 12.1 Å². The molecule has 1 atom stereocenters. The Labute approximate surface area is 101 Å². The predicted octanol–water partition coefficient (Wildman–Crippen LogP) is 2.59. The lowest BCUT2D eigenvalue weighted by molar-refractivity contribution is -0.0486. The summed E-state index contributed by atoms with van der Waals surface area (Å²) in [6.07, 6.45) is 0.225. The Bertz CT molecular complexity index is 179. The summed E-state index contributed by atoms with van der Waals surface area (Å²) in [7, 11) is 0. The fraction of sp³-hybridized carbons (Fsp3) is 1.00. The van der Waals surface area contributed by atoms with Crippen molar-refractivity contribution >= 4 is 0 Å². The molecule has 0 bridgehead atoms. The molecular weight excluding hydrogens is 202 g/mol. The molecule has 0 fully saturated rings. The summed E-state index contributed by atoms with van der Waals surface area (Å²) in [6, 6.07) is 0. The molecule has 0 aromatic rings. The minimum absolute atomic E-state index is 0.0732. The Morgan fingerprint density at radius 1 is 1.00 bits per heavy atom. The topological polar surface area (TPSA) is 30.5 Å². The third kappa shape index (κ3) is 12.0. The van der Waals surface area contributed by atoms with Crippen molar-refractivity contribution in [3.8, 4) is 0 Å². The highest BCUT2D eigenvalue weighted by Crippen LogP contribution is 2.06. The molecule has 0 amide bonds. The summed E-state index contributed by atoms with van der Waals surface area (Å²) >= 11 is 0. The highest BCUT2D eigenvalue weighted by Gasteiger charge is 2.12. The summed E-state index contributed by atoms with van der Waals surface area (Å²) < 4.78 is 11.2. The smallest absolute Gasteiger partial charge is 0.0707 e. The Balaban J connectivity index is 3.48. The quantitative estimate of drug-likeness (QED) is 0.713. The van der Waals surface area contributed by atoms with E-state index in [9.17, 15) is 0 Å². The van der Waals surface area contributed by atoms with Gasteiger partial charge in [-0.1, -0.05) is 0 Å². The molecule has 0 spiro atoms. The lowest BCUT2D eigenvalue weighted by Gasteiger charge is -2.24. The molecule has 0 aliphatic carbocycles. The van der Waals surface area contributed by atoms with Gasteiger partial charge < -0.3 is 14.8 Å². The van der Waals surface area contributed by atoms with Crippen LogP contribution in [0.2, 0.25) is 0 Å². The summed E-state index contributed by atoms with van der Waals surface area (Å²) in [4.78, 5) is 0. The van der Waals surface area contributed by atoms with Crippen LogP contribution in [0.5, 0.6) is 0 Å². The Kier molecular flexibility index (Phi) is 6.53. The molecule has 0 aromatic heterocycles. The molecule has 3 nitrogen and oxygen atoms in total. The van der Waals surface area contributed by atoms with E-state index >= 15 is 0 Å². The maximum absolute atomic E-state index is 5.65. The highest BCUT2D eigenvalue weighted by molar-refractivity contribution is 4.71. The Morgan fingerprint density at radius 3 is 2.00 bits per heavy atom. The van der Waals surface area contributed by atoms with Gasteiger partial charge in [0.2, 0.25) is 0 Å². The third-order valence-corrected chi connectivity index (χ3v) is 1.94. The lowest BCUT2D eigenvalue weighted by Crippen LogP contribution is -2.41. The van der Waals surface area contributed by atoms with Gasteiger partial charge in [0.05, 0.1) is 24.9 Å². The van der Waals surface area contributed by atoms with Gasteiger partial charge in [0.1, 0.15) is 0 Å². The van der Waals surface area contributed by atoms with Crippen LogP contribution in [-0.4, -0.2) is 37.0 Å². The van der Waals surface area contributed by atoms with Crippen molar-refractivity contribution in [2.75, 3.05) is 19.8 Å². The molecule has 0 aromatic carbocycles. The molecule has 1 N–H and O–H groups in total. The van der Waals surface area contributed by atoms with E-state index in [0.717, 1.165) is 6.54 Å². The number of rotatable bonds is 6. The molecular formula is C13H29NO2. The normalized spacial score (nSPS) is 15.2. The number of nitrogens with one attached hydrogen (secondary N) is 1. The van der Waals surface area contributed by atoms with E-state index in [1.165, 1.54) is 0 Å². The highest BCUT2D eigenvalue weighted by atomic mass is 16.5. The standard InChI is InChI=1S/C13H29NO2/c1-11(10-14-12(2,3)4)15-8-9-16-13(5,6)7/h11,14H,8-10H2,1-7H3. The van der Waals surface area contributed by atoms with E-state index < -0.39 is 0 Å². The third-order valence-electron chi connectivity index (χ3n) is 1.94.